The van der Waals surface area contributed by atoms with Gasteiger partial charge < -0.3 is 10.1 Å². The molecule has 1 N–H and O–H groups in total. The normalized spacial score (nSPS) is 24.0. The van der Waals surface area contributed by atoms with Crippen LogP contribution in [0.25, 0.3) is 0 Å². The van der Waals surface area contributed by atoms with Gasteiger partial charge in [0.05, 0.1) is 29.3 Å². The van der Waals surface area contributed by atoms with E-state index in [1.165, 1.54) is 5.56 Å². The molecule has 1 aliphatic carbocycles. The highest BCUT2D eigenvalue weighted by atomic mass is 16.6. The number of nitrogens with zero attached hydrogens (tertiary/aromatic N) is 1. The Kier molecular flexibility index (Phi) is 3.49. The first-order chi connectivity index (χ1) is 11.7. The Morgan fingerprint density at radius 2 is 2.00 bits per heavy atom. The van der Waals surface area contributed by atoms with E-state index in [4.69, 9.17) is 4.74 Å². The Labute approximate surface area is 140 Å². The lowest BCUT2D eigenvalue weighted by Gasteiger charge is -2.37. The number of nitro groups is 1. The molecule has 0 unspecified atom stereocenters. The molecule has 2 aromatic carbocycles. The molecule has 5 nitrogen and oxygen atoms in total. The first kappa shape index (κ1) is 14.8. The van der Waals surface area contributed by atoms with Crippen molar-refractivity contribution in [2.45, 2.75) is 18.4 Å². The van der Waals surface area contributed by atoms with E-state index in [0.29, 0.717) is 5.75 Å². The van der Waals surface area contributed by atoms with Crippen LogP contribution >= 0.6 is 0 Å². The zero-order valence-electron chi connectivity index (χ0n) is 13.3. The summed E-state index contributed by atoms with van der Waals surface area (Å²) in [6.45, 7) is 0. The minimum Gasteiger partial charge on any atom is -0.495 e. The molecule has 0 radical (unpaired) electrons. The summed E-state index contributed by atoms with van der Waals surface area (Å²) in [6.07, 6.45) is 5.14. The number of fused-ring (bicyclic) bond motifs is 3. The van der Waals surface area contributed by atoms with Crippen LogP contribution in [0.4, 0.5) is 11.4 Å². The SMILES string of the molecule is COc1ccc([N+](=O)[O-])c2c1N[C@H](c1ccccc1)[C@@H]1CC=C[C@@H]21. The van der Waals surface area contributed by atoms with Gasteiger partial charge in [-0.2, -0.15) is 0 Å². The van der Waals surface area contributed by atoms with Gasteiger partial charge in [0.25, 0.3) is 5.69 Å². The van der Waals surface area contributed by atoms with Gasteiger partial charge in [0, 0.05) is 12.0 Å². The number of hydrogen-bond donors (Lipinski definition) is 1. The van der Waals surface area contributed by atoms with Crippen LogP contribution in [-0.4, -0.2) is 12.0 Å². The average Bonchev–Trinajstić information content (AvgIpc) is 3.10. The fraction of sp³-hybridized carbons (Fsp3) is 0.263. The Hall–Kier alpha value is -2.82. The Morgan fingerprint density at radius 3 is 2.71 bits per heavy atom. The van der Waals surface area contributed by atoms with E-state index in [-0.39, 0.29) is 28.5 Å². The zero-order valence-corrected chi connectivity index (χ0v) is 13.3. The lowest BCUT2D eigenvalue weighted by atomic mass is 9.76. The highest BCUT2D eigenvalue weighted by molar-refractivity contribution is 5.73. The minimum atomic E-state index is -0.300. The number of nitro benzene ring substituents is 1. The fourth-order valence-electron chi connectivity index (χ4n) is 3.98. The number of ether oxygens (including phenoxy) is 1. The van der Waals surface area contributed by atoms with E-state index >= 15 is 0 Å². The van der Waals surface area contributed by atoms with Crippen LogP contribution in [0.2, 0.25) is 0 Å². The maximum atomic E-state index is 11.5. The molecule has 0 amide bonds. The first-order valence-electron chi connectivity index (χ1n) is 8.04. The number of rotatable bonds is 3. The smallest absolute Gasteiger partial charge is 0.275 e. The summed E-state index contributed by atoms with van der Waals surface area (Å²) in [4.78, 5) is 11.2. The summed E-state index contributed by atoms with van der Waals surface area (Å²) in [5.74, 6) is 0.947. The van der Waals surface area contributed by atoms with E-state index in [9.17, 15) is 10.1 Å². The van der Waals surface area contributed by atoms with Crippen molar-refractivity contribution < 1.29 is 9.66 Å². The van der Waals surface area contributed by atoms with Gasteiger partial charge in [0.15, 0.2) is 0 Å². The zero-order chi connectivity index (χ0) is 16.7. The number of methoxy groups -OCH3 is 1. The van der Waals surface area contributed by atoms with Crippen molar-refractivity contribution in [2.24, 2.45) is 5.92 Å². The molecule has 122 valence electrons. The van der Waals surface area contributed by atoms with E-state index < -0.39 is 0 Å². The van der Waals surface area contributed by atoms with Crippen LogP contribution in [0.5, 0.6) is 5.75 Å². The molecule has 24 heavy (non-hydrogen) atoms. The van der Waals surface area contributed by atoms with Gasteiger partial charge in [-0.1, -0.05) is 42.5 Å². The van der Waals surface area contributed by atoms with Crippen molar-refractivity contribution in [3.63, 3.8) is 0 Å². The molecule has 0 saturated heterocycles. The molecule has 2 aliphatic rings. The summed E-state index contributed by atoms with van der Waals surface area (Å²) in [5.41, 5.74) is 2.83. The number of allylic oxidation sites excluding steroid dienone is 2. The fourth-order valence-corrected chi connectivity index (χ4v) is 3.98. The maximum absolute atomic E-state index is 11.5. The van der Waals surface area contributed by atoms with Gasteiger partial charge in [-0.05, 0) is 24.0 Å². The molecule has 2 aromatic rings. The second kappa shape index (κ2) is 5.67. The predicted octanol–water partition coefficient (Wildman–Crippen LogP) is 4.43. The largest absolute Gasteiger partial charge is 0.495 e. The molecule has 0 fully saturated rings. The molecule has 5 heteroatoms. The molecule has 0 aromatic heterocycles. The summed E-state index contributed by atoms with van der Waals surface area (Å²) in [7, 11) is 1.59. The Morgan fingerprint density at radius 1 is 1.21 bits per heavy atom. The lowest BCUT2D eigenvalue weighted by molar-refractivity contribution is -0.385. The second-order valence-corrected chi connectivity index (χ2v) is 6.22. The average molecular weight is 322 g/mol. The molecular weight excluding hydrogens is 304 g/mol. The summed E-state index contributed by atoms with van der Waals surface area (Å²) >= 11 is 0. The van der Waals surface area contributed by atoms with Crippen molar-refractivity contribution in [3.8, 4) is 5.75 Å². The summed E-state index contributed by atoms with van der Waals surface area (Å²) < 4.78 is 5.47. The molecule has 0 bridgehead atoms. The van der Waals surface area contributed by atoms with E-state index in [0.717, 1.165) is 17.7 Å². The molecule has 0 saturated carbocycles. The monoisotopic (exact) mass is 322 g/mol. The van der Waals surface area contributed by atoms with Gasteiger partial charge in [-0.3, -0.25) is 10.1 Å². The molecular formula is C19H18N2O3. The highest BCUT2D eigenvalue weighted by Crippen LogP contribution is 2.54. The molecule has 3 atom stereocenters. The Bertz CT molecular complexity index is 817. The van der Waals surface area contributed by atoms with E-state index in [1.807, 2.05) is 18.2 Å². The number of nitrogens with one attached hydrogen (secondary N) is 1. The van der Waals surface area contributed by atoms with Crippen molar-refractivity contribution in [2.75, 3.05) is 12.4 Å². The molecule has 1 aliphatic heterocycles. The summed E-state index contributed by atoms with van der Waals surface area (Å²) in [5, 5.41) is 15.1. The highest BCUT2D eigenvalue weighted by Gasteiger charge is 2.42. The summed E-state index contributed by atoms with van der Waals surface area (Å²) in [6, 6.07) is 13.6. The van der Waals surface area contributed by atoms with Crippen LogP contribution in [0.3, 0.4) is 0 Å². The maximum Gasteiger partial charge on any atom is 0.275 e. The van der Waals surface area contributed by atoms with Gasteiger partial charge in [-0.15, -0.1) is 0 Å². The number of anilines is 1. The number of hydrogen-bond acceptors (Lipinski definition) is 4. The molecule has 1 heterocycles. The van der Waals surface area contributed by atoms with Gasteiger partial charge >= 0.3 is 0 Å². The third-order valence-corrected chi connectivity index (χ3v) is 5.03. The van der Waals surface area contributed by atoms with E-state index in [2.05, 4.69) is 29.6 Å². The van der Waals surface area contributed by atoms with Crippen LogP contribution in [0.1, 0.15) is 29.5 Å². The van der Waals surface area contributed by atoms with Crippen molar-refractivity contribution in [3.05, 3.63) is 75.9 Å². The van der Waals surface area contributed by atoms with Crippen LogP contribution in [0.15, 0.2) is 54.6 Å². The third-order valence-electron chi connectivity index (χ3n) is 5.03. The third kappa shape index (κ3) is 2.16. The standard InChI is InChI=1S/C19H18N2O3/c1-24-16-11-10-15(21(22)23)17-13-8-5-9-14(13)18(20-19(16)17)12-6-3-2-4-7-12/h2-8,10-11,13-14,18,20H,9H2,1H3/t13-,14-,18-/m1/s1. The predicted molar refractivity (Wildman–Crippen MR) is 92.4 cm³/mol. The van der Waals surface area contributed by atoms with Gasteiger partial charge in [-0.25, -0.2) is 0 Å². The van der Waals surface area contributed by atoms with Gasteiger partial charge in [0.2, 0.25) is 0 Å². The molecule has 4 rings (SSSR count). The van der Waals surface area contributed by atoms with Crippen LogP contribution in [0, 0.1) is 16.0 Å². The minimum absolute atomic E-state index is 0.0296. The molecule has 0 spiro atoms. The van der Waals surface area contributed by atoms with Crippen molar-refractivity contribution in [1.82, 2.24) is 0 Å². The van der Waals surface area contributed by atoms with Crippen LogP contribution < -0.4 is 10.1 Å². The van der Waals surface area contributed by atoms with Crippen molar-refractivity contribution >= 4 is 11.4 Å². The number of benzene rings is 2. The van der Waals surface area contributed by atoms with Gasteiger partial charge in [0.1, 0.15) is 5.75 Å². The Balaban J connectivity index is 1.90. The lowest BCUT2D eigenvalue weighted by Crippen LogP contribution is -2.30. The van der Waals surface area contributed by atoms with Crippen molar-refractivity contribution in [1.29, 1.82) is 0 Å². The van der Waals surface area contributed by atoms with Crippen LogP contribution in [-0.2, 0) is 0 Å². The quantitative estimate of drug-likeness (QED) is 0.516. The first-order valence-corrected chi connectivity index (χ1v) is 8.04. The van der Waals surface area contributed by atoms with E-state index in [1.54, 1.807) is 19.2 Å². The topological polar surface area (TPSA) is 64.4 Å². The second-order valence-electron chi connectivity index (χ2n) is 6.22.